The zero-order chi connectivity index (χ0) is 18.5. The van der Waals surface area contributed by atoms with Gasteiger partial charge < -0.3 is 10.1 Å². The second-order valence-electron chi connectivity index (χ2n) is 5.69. The lowest BCUT2D eigenvalue weighted by atomic mass is 10.1. The predicted octanol–water partition coefficient (Wildman–Crippen LogP) is 3.87. The standard InChI is InChI=1S/C19H15IN6O/c20-14-6-8-21-16(11-14)27-15-3-1-13(2-4-15)5-7-23-18-17-19(26-12-25-18)24-10-9-22-17/h1-4,6,8-12H,5,7H2,(H,23,24,25,26). The van der Waals surface area contributed by atoms with Gasteiger partial charge in [0.15, 0.2) is 11.5 Å². The van der Waals surface area contributed by atoms with E-state index in [0.29, 0.717) is 22.9 Å². The first-order valence-electron chi connectivity index (χ1n) is 8.32. The third-order valence-electron chi connectivity index (χ3n) is 3.82. The van der Waals surface area contributed by atoms with Gasteiger partial charge in [-0.1, -0.05) is 12.1 Å². The summed E-state index contributed by atoms with van der Waals surface area (Å²) in [6.07, 6.45) is 7.32. The molecule has 134 valence electrons. The van der Waals surface area contributed by atoms with Crippen LogP contribution < -0.4 is 10.1 Å². The molecule has 0 unspecified atom stereocenters. The summed E-state index contributed by atoms with van der Waals surface area (Å²) in [4.78, 5) is 21.0. The second kappa shape index (κ2) is 8.21. The van der Waals surface area contributed by atoms with Crippen molar-refractivity contribution in [1.82, 2.24) is 24.9 Å². The molecule has 27 heavy (non-hydrogen) atoms. The molecule has 3 aromatic heterocycles. The van der Waals surface area contributed by atoms with Crippen molar-refractivity contribution < 1.29 is 4.74 Å². The number of rotatable bonds is 6. The van der Waals surface area contributed by atoms with Crippen molar-refractivity contribution in [1.29, 1.82) is 0 Å². The third-order valence-corrected chi connectivity index (χ3v) is 4.49. The van der Waals surface area contributed by atoms with Crippen LogP contribution in [0.2, 0.25) is 0 Å². The number of pyridine rings is 1. The van der Waals surface area contributed by atoms with E-state index in [0.717, 1.165) is 22.3 Å². The molecule has 1 N–H and O–H groups in total. The van der Waals surface area contributed by atoms with E-state index in [2.05, 4.69) is 52.8 Å². The maximum absolute atomic E-state index is 5.77. The molecule has 8 heteroatoms. The zero-order valence-corrected chi connectivity index (χ0v) is 16.4. The number of benzene rings is 1. The smallest absolute Gasteiger partial charge is 0.220 e. The van der Waals surface area contributed by atoms with Crippen LogP contribution in [0.25, 0.3) is 11.2 Å². The van der Waals surface area contributed by atoms with Crippen LogP contribution >= 0.6 is 22.6 Å². The molecule has 0 spiro atoms. The average Bonchev–Trinajstić information content (AvgIpc) is 2.70. The number of fused-ring (bicyclic) bond motifs is 1. The van der Waals surface area contributed by atoms with Gasteiger partial charge in [0.2, 0.25) is 5.88 Å². The summed E-state index contributed by atoms with van der Waals surface area (Å²) < 4.78 is 6.86. The Kier molecular flexibility index (Phi) is 5.33. The molecule has 4 aromatic rings. The van der Waals surface area contributed by atoms with Crippen LogP contribution in [0.15, 0.2) is 61.3 Å². The average molecular weight is 470 g/mol. The van der Waals surface area contributed by atoms with Crippen molar-refractivity contribution in [2.24, 2.45) is 0 Å². The molecule has 0 bridgehead atoms. The number of ether oxygens (including phenoxy) is 1. The fourth-order valence-corrected chi connectivity index (χ4v) is 2.96. The van der Waals surface area contributed by atoms with Crippen molar-refractivity contribution in [2.45, 2.75) is 6.42 Å². The Hall–Kier alpha value is -2.88. The molecular formula is C19H15IN6O. The summed E-state index contributed by atoms with van der Waals surface area (Å²) in [5.74, 6) is 2.05. The normalized spacial score (nSPS) is 10.7. The molecule has 0 atom stereocenters. The van der Waals surface area contributed by atoms with Crippen molar-refractivity contribution in [3.63, 3.8) is 0 Å². The van der Waals surface area contributed by atoms with Gasteiger partial charge in [0.05, 0.1) is 0 Å². The lowest BCUT2D eigenvalue weighted by molar-refractivity contribution is 0.462. The lowest BCUT2D eigenvalue weighted by Crippen LogP contribution is -2.08. The molecule has 1 aromatic carbocycles. The van der Waals surface area contributed by atoms with Gasteiger partial charge in [-0.25, -0.2) is 24.9 Å². The van der Waals surface area contributed by atoms with E-state index < -0.39 is 0 Å². The van der Waals surface area contributed by atoms with E-state index in [1.165, 1.54) is 11.9 Å². The molecule has 0 radical (unpaired) electrons. The summed E-state index contributed by atoms with van der Waals surface area (Å²) in [6, 6.07) is 11.8. The molecule has 0 amide bonds. The van der Waals surface area contributed by atoms with Crippen molar-refractivity contribution >= 4 is 39.6 Å². The van der Waals surface area contributed by atoms with E-state index in [1.807, 2.05) is 36.4 Å². The summed E-state index contributed by atoms with van der Waals surface area (Å²) in [5, 5.41) is 3.30. The van der Waals surface area contributed by atoms with Gasteiger partial charge in [-0.15, -0.1) is 0 Å². The lowest BCUT2D eigenvalue weighted by Gasteiger charge is -2.08. The molecule has 3 heterocycles. The number of aromatic nitrogens is 5. The highest BCUT2D eigenvalue weighted by molar-refractivity contribution is 14.1. The Morgan fingerprint density at radius 1 is 0.889 bits per heavy atom. The molecule has 0 saturated carbocycles. The largest absolute Gasteiger partial charge is 0.439 e. The van der Waals surface area contributed by atoms with Crippen LogP contribution in [0, 0.1) is 3.57 Å². The number of anilines is 1. The predicted molar refractivity (Wildman–Crippen MR) is 111 cm³/mol. The van der Waals surface area contributed by atoms with Crippen LogP contribution in [0.5, 0.6) is 11.6 Å². The van der Waals surface area contributed by atoms with Crippen molar-refractivity contribution in [3.05, 3.63) is 70.4 Å². The maximum Gasteiger partial charge on any atom is 0.220 e. The van der Waals surface area contributed by atoms with E-state index in [9.17, 15) is 0 Å². The van der Waals surface area contributed by atoms with E-state index in [-0.39, 0.29) is 0 Å². The molecule has 0 aliphatic heterocycles. The second-order valence-corrected chi connectivity index (χ2v) is 6.93. The summed E-state index contributed by atoms with van der Waals surface area (Å²) in [7, 11) is 0. The van der Waals surface area contributed by atoms with Crippen LogP contribution in [0.3, 0.4) is 0 Å². The highest BCUT2D eigenvalue weighted by Gasteiger charge is 2.05. The first kappa shape index (κ1) is 17.5. The Labute approximate surface area is 169 Å². The zero-order valence-electron chi connectivity index (χ0n) is 14.2. The number of hydrogen-bond acceptors (Lipinski definition) is 7. The quantitative estimate of drug-likeness (QED) is 0.429. The monoisotopic (exact) mass is 470 g/mol. The minimum Gasteiger partial charge on any atom is -0.439 e. The Bertz CT molecular complexity index is 1050. The fourth-order valence-electron chi connectivity index (χ4n) is 2.54. The first-order chi connectivity index (χ1) is 13.3. The summed E-state index contributed by atoms with van der Waals surface area (Å²) >= 11 is 2.23. The molecule has 0 saturated heterocycles. The van der Waals surface area contributed by atoms with E-state index in [4.69, 9.17) is 4.74 Å². The highest BCUT2D eigenvalue weighted by Crippen LogP contribution is 2.21. The molecule has 4 rings (SSSR count). The Balaban J connectivity index is 1.36. The van der Waals surface area contributed by atoms with Gasteiger partial charge in [-0.05, 0) is 52.8 Å². The minimum atomic E-state index is 0.584. The van der Waals surface area contributed by atoms with Gasteiger partial charge in [0.25, 0.3) is 0 Å². The van der Waals surface area contributed by atoms with Gasteiger partial charge in [0.1, 0.15) is 17.6 Å². The molecule has 0 fully saturated rings. The van der Waals surface area contributed by atoms with Gasteiger partial charge >= 0.3 is 0 Å². The maximum atomic E-state index is 5.77. The molecular weight excluding hydrogens is 455 g/mol. The topological polar surface area (TPSA) is 85.7 Å². The third kappa shape index (κ3) is 4.45. The fraction of sp³-hybridized carbons (Fsp3) is 0.105. The first-order valence-corrected chi connectivity index (χ1v) is 9.40. The minimum absolute atomic E-state index is 0.584. The Morgan fingerprint density at radius 2 is 1.74 bits per heavy atom. The Morgan fingerprint density at radius 3 is 2.59 bits per heavy atom. The number of nitrogens with zero attached hydrogens (tertiary/aromatic N) is 5. The van der Waals surface area contributed by atoms with Gasteiger partial charge in [-0.3, -0.25) is 0 Å². The van der Waals surface area contributed by atoms with E-state index in [1.54, 1.807) is 18.6 Å². The van der Waals surface area contributed by atoms with Crippen molar-refractivity contribution in [3.8, 4) is 11.6 Å². The number of hydrogen-bond donors (Lipinski definition) is 1. The summed E-state index contributed by atoms with van der Waals surface area (Å²) in [5.41, 5.74) is 2.45. The van der Waals surface area contributed by atoms with Gasteiger partial charge in [-0.2, -0.15) is 0 Å². The van der Waals surface area contributed by atoms with Crippen LogP contribution in [-0.4, -0.2) is 31.5 Å². The number of nitrogens with one attached hydrogen (secondary N) is 1. The molecule has 0 aliphatic rings. The highest BCUT2D eigenvalue weighted by atomic mass is 127. The van der Waals surface area contributed by atoms with Gasteiger partial charge in [0, 0.05) is 34.8 Å². The van der Waals surface area contributed by atoms with Crippen LogP contribution in [0.4, 0.5) is 5.82 Å². The van der Waals surface area contributed by atoms with E-state index >= 15 is 0 Å². The SMILES string of the molecule is Ic1ccnc(Oc2ccc(CCNc3ncnc4nccnc34)cc2)c1. The summed E-state index contributed by atoms with van der Waals surface area (Å²) in [6.45, 7) is 0.724. The number of halogens is 1. The van der Waals surface area contributed by atoms with Crippen LogP contribution in [-0.2, 0) is 6.42 Å². The van der Waals surface area contributed by atoms with Crippen LogP contribution in [0.1, 0.15) is 5.56 Å². The molecule has 0 aliphatic carbocycles. The molecule has 7 nitrogen and oxygen atoms in total. The van der Waals surface area contributed by atoms with Crippen molar-refractivity contribution in [2.75, 3.05) is 11.9 Å².